The SMILES string of the molecule is CC(C)CC(NC(=O)c1ccc(N(C)C)cc1)C(=O)N1CCC2C1C(=O)CN2S(=O)(=O)c1cccnc1. The molecule has 0 radical (unpaired) electrons. The highest BCUT2D eigenvalue weighted by molar-refractivity contribution is 7.89. The van der Waals surface area contributed by atoms with Gasteiger partial charge in [0.1, 0.15) is 17.0 Å². The number of Topliss-reactive ketones (excluding diaryl/α,β-unsaturated/α-hetero) is 1. The smallest absolute Gasteiger partial charge is 0.251 e. The fourth-order valence-electron chi connectivity index (χ4n) is 5.02. The van der Waals surface area contributed by atoms with E-state index in [0.717, 1.165) is 5.69 Å². The molecular weight excluding hydrogens is 494 g/mol. The van der Waals surface area contributed by atoms with Crippen molar-refractivity contribution in [2.24, 2.45) is 5.92 Å². The van der Waals surface area contributed by atoms with Gasteiger partial charge in [-0.25, -0.2) is 8.42 Å². The summed E-state index contributed by atoms with van der Waals surface area (Å²) < 4.78 is 27.6. The maximum absolute atomic E-state index is 13.7. The van der Waals surface area contributed by atoms with Gasteiger partial charge in [0.05, 0.1) is 12.6 Å². The third-order valence-corrected chi connectivity index (χ3v) is 8.71. The van der Waals surface area contributed by atoms with Crippen molar-refractivity contribution in [3.8, 4) is 0 Å². The van der Waals surface area contributed by atoms with Crippen LogP contribution in [0.25, 0.3) is 0 Å². The minimum atomic E-state index is -3.94. The van der Waals surface area contributed by atoms with Gasteiger partial charge in [-0.3, -0.25) is 19.4 Å². The van der Waals surface area contributed by atoms with E-state index in [-0.39, 0.29) is 41.5 Å². The number of carbonyl (C=O) groups excluding carboxylic acids is 3. The molecule has 198 valence electrons. The van der Waals surface area contributed by atoms with E-state index in [9.17, 15) is 22.8 Å². The Hall–Kier alpha value is -3.31. The summed E-state index contributed by atoms with van der Waals surface area (Å²) in [5.41, 5.74) is 1.37. The predicted molar refractivity (Wildman–Crippen MR) is 139 cm³/mol. The summed E-state index contributed by atoms with van der Waals surface area (Å²) in [5, 5.41) is 2.86. The number of anilines is 1. The molecule has 0 spiro atoms. The maximum Gasteiger partial charge on any atom is 0.251 e. The molecule has 0 saturated carbocycles. The lowest BCUT2D eigenvalue weighted by molar-refractivity contribution is -0.138. The van der Waals surface area contributed by atoms with Crippen LogP contribution in [0, 0.1) is 5.92 Å². The molecule has 2 fully saturated rings. The number of aromatic nitrogens is 1. The molecule has 2 amide bonds. The number of benzene rings is 1. The number of rotatable bonds is 8. The van der Waals surface area contributed by atoms with E-state index >= 15 is 0 Å². The second-order valence-electron chi connectivity index (χ2n) is 10.1. The molecule has 37 heavy (non-hydrogen) atoms. The van der Waals surface area contributed by atoms with Crippen LogP contribution < -0.4 is 10.2 Å². The summed E-state index contributed by atoms with van der Waals surface area (Å²) in [4.78, 5) is 47.0. The molecule has 10 nitrogen and oxygen atoms in total. The van der Waals surface area contributed by atoms with Gasteiger partial charge in [0, 0.05) is 44.3 Å². The van der Waals surface area contributed by atoms with Crippen molar-refractivity contribution in [3.05, 3.63) is 54.4 Å². The quantitative estimate of drug-likeness (QED) is 0.553. The summed E-state index contributed by atoms with van der Waals surface area (Å²) in [5.74, 6) is -0.963. The van der Waals surface area contributed by atoms with Gasteiger partial charge in [0.15, 0.2) is 5.78 Å². The predicted octanol–water partition coefficient (Wildman–Crippen LogP) is 1.54. The highest BCUT2D eigenvalue weighted by atomic mass is 32.2. The van der Waals surface area contributed by atoms with Crippen molar-refractivity contribution in [1.29, 1.82) is 0 Å². The zero-order chi connectivity index (χ0) is 26.9. The number of amides is 2. The number of hydrogen-bond donors (Lipinski definition) is 1. The van der Waals surface area contributed by atoms with Crippen LogP contribution in [0.2, 0.25) is 0 Å². The molecule has 2 saturated heterocycles. The molecular formula is C26H33N5O5S. The standard InChI is InChI=1S/C26H33N5O5S/c1-17(2)14-21(28-25(33)18-7-9-19(10-8-18)29(3)4)26(34)30-13-11-22-24(30)23(32)16-31(22)37(35,36)20-6-5-12-27-15-20/h5-10,12,15,17,21-22,24H,11,13-14,16H2,1-4H3,(H,28,33). The fraction of sp³-hybridized carbons (Fsp3) is 0.462. The van der Waals surface area contributed by atoms with E-state index in [0.29, 0.717) is 18.4 Å². The molecule has 0 aliphatic carbocycles. The van der Waals surface area contributed by atoms with Crippen molar-refractivity contribution >= 4 is 33.3 Å². The second kappa shape index (κ2) is 10.6. The van der Waals surface area contributed by atoms with Crippen LogP contribution >= 0.6 is 0 Å². The first-order valence-electron chi connectivity index (χ1n) is 12.3. The summed E-state index contributed by atoms with van der Waals surface area (Å²) in [7, 11) is -0.128. The largest absolute Gasteiger partial charge is 0.378 e. The Kier molecular flexibility index (Phi) is 7.65. The number of carbonyl (C=O) groups is 3. The molecule has 1 aromatic carbocycles. The van der Waals surface area contributed by atoms with Crippen molar-refractivity contribution in [1.82, 2.24) is 19.5 Å². The number of nitrogens with zero attached hydrogens (tertiary/aromatic N) is 4. The second-order valence-corrected chi connectivity index (χ2v) is 12.0. The highest BCUT2D eigenvalue weighted by Crippen LogP contribution is 2.34. The van der Waals surface area contributed by atoms with E-state index < -0.39 is 28.1 Å². The summed E-state index contributed by atoms with van der Waals surface area (Å²) in [6, 6.07) is 7.68. The van der Waals surface area contributed by atoms with Crippen molar-refractivity contribution < 1.29 is 22.8 Å². The van der Waals surface area contributed by atoms with Crippen molar-refractivity contribution in [2.75, 3.05) is 32.1 Å². The Labute approximate surface area is 217 Å². The van der Waals surface area contributed by atoms with Gasteiger partial charge in [-0.1, -0.05) is 13.8 Å². The van der Waals surface area contributed by atoms with E-state index in [1.807, 2.05) is 45.0 Å². The van der Waals surface area contributed by atoms with Crippen molar-refractivity contribution in [3.63, 3.8) is 0 Å². The van der Waals surface area contributed by atoms with Gasteiger partial charge in [-0.05, 0) is 55.2 Å². The molecule has 11 heteroatoms. The van der Waals surface area contributed by atoms with Crippen LogP contribution in [0.15, 0.2) is 53.7 Å². The zero-order valence-electron chi connectivity index (χ0n) is 21.5. The first-order valence-corrected chi connectivity index (χ1v) is 13.8. The maximum atomic E-state index is 13.7. The minimum absolute atomic E-state index is 0.0125. The third kappa shape index (κ3) is 5.37. The normalized spacial score (nSPS) is 20.7. The first kappa shape index (κ1) is 26.7. The number of hydrogen-bond acceptors (Lipinski definition) is 7. The Morgan fingerprint density at radius 2 is 1.86 bits per heavy atom. The first-order chi connectivity index (χ1) is 17.5. The van der Waals surface area contributed by atoms with E-state index in [1.165, 1.54) is 33.7 Å². The Morgan fingerprint density at radius 1 is 1.16 bits per heavy atom. The summed E-state index contributed by atoms with van der Waals surface area (Å²) >= 11 is 0. The zero-order valence-corrected chi connectivity index (χ0v) is 22.3. The van der Waals surface area contributed by atoms with Gasteiger partial charge in [0.2, 0.25) is 15.9 Å². The summed E-state index contributed by atoms with van der Waals surface area (Å²) in [6.45, 7) is 3.85. The van der Waals surface area contributed by atoms with Gasteiger partial charge < -0.3 is 15.1 Å². The molecule has 1 aromatic heterocycles. The lowest BCUT2D eigenvalue weighted by atomic mass is 10.0. The topological polar surface area (TPSA) is 120 Å². The summed E-state index contributed by atoms with van der Waals surface area (Å²) in [6.07, 6.45) is 3.47. The minimum Gasteiger partial charge on any atom is -0.378 e. The molecule has 4 rings (SSSR count). The lowest BCUT2D eigenvalue weighted by Crippen LogP contribution is -2.53. The number of nitrogens with one attached hydrogen (secondary N) is 1. The number of pyridine rings is 1. The molecule has 2 aliphatic rings. The molecule has 3 atom stereocenters. The Bertz CT molecular complexity index is 1260. The average molecular weight is 528 g/mol. The Balaban J connectivity index is 1.53. The van der Waals surface area contributed by atoms with Crippen LogP contribution in [0.5, 0.6) is 0 Å². The van der Waals surface area contributed by atoms with E-state index in [4.69, 9.17) is 0 Å². The van der Waals surface area contributed by atoms with Crippen LogP contribution in [-0.2, 0) is 19.6 Å². The molecule has 3 unspecified atom stereocenters. The number of sulfonamides is 1. The molecule has 3 heterocycles. The van der Waals surface area contributed by atoms with Gasteiger partial charge >= 0.3 is 0 Å². The molecule has 2 aliphatic heterocycles. The average Bonchev–Trinajstić information content (AvgIpc) is 3.45. The molecule has 0 bridgehead atoms. The van der Waals surface area contributed by atoms with Crippen LogP contribution in [0.4, 0.5) is 5.69 Å². The highest BCUT2D eigenvalue weighted by Gasteiger charge is 2.54. The number of ketones is 1. The molecule has 1 N–H and O–H groups in total. The molecule has 2 aromatic rings. The van der Waals surface area contributed by atoms with Gasteiger partial charge in [-0.15, -0.1) is 0 Å². The third-order valence-electron chi connectivity index (χ3n) is 6.86. The van der Waals surface area contributed by atoms with Gasteiger partial charge in [0.25, 0.3) is 5.91 Å². The van der Waals surface area contributed by atoms with E-state index in [2.05, 4.69) is 10.3 Å². The monoisotopic (exact) mass is 527 g/mol. The number of likely N-dealkylation sites (tertiary alicyclic amines) is 1. The van der Waals surface area contributed by atoms with E-state index in [1.54, 1.807) is 12.1 Å². The Morgan fingerprint density at radius 3 is 2.46 bits per heavy atom. The van der Waals surface area contributed by atoms with Crippen LogP contribution in [-0.4, -0.2) is 85.5 Å². The van der Waals surface area contributed by atoms with Crippen LogP contribution in [0.3, 0.4) is 0 Å². The fourth-order valence-corrected chi connectivity index (χ4v) is 6.61. The van der Waals surface area contributed by atoms with Crippen LogP contribution in [0.1, 0.15) is 37.0 Å². The van der Waals surface area contributed by atoms with Crippen molar-refractivity contribution in [2.45, 2.75) is 49.7 Å². The number of fused-ring (bicyclic) bond motifs is 1. The lowest BCUT2D eigenvalue weighted by Gasteiger charge is -2.29. The van der Waals surface area contributed by atoms with Gasteiger partial charge in [-0.2, -0.15) is 4.31 Å².